The number of hydrogen-bond donors (Lipinski definition) is 2. The van der Waals surface area contributed by atoms with Crippen molar-refractivity contribution in [2.75, 3.05) is 12.3 Å². The highest BCUT2D eigenvalue weighted by molar-refractivity contribution is 7.89. The summed E-state index contributed by atoms with van der Waals surface area (Å²) in [6.07, 6.45) is 5.25. The molecule has 0 bridgehead atoms. The number of hydrogen-bond acceptors (Lipinski definition) is 3. The fourth-order valence-electron chi connectivity index (χ4n) is 2.04. The highest BCUT2D eigenvalue weighted by Crippen LogP contribution is 2.35. The van der Waals surface area contributed by atoms with Gasteiger partial charge in [0.15, 0.2) is 0 Å². The lowest BCUT2D eigenvalue weighted by Crippen LogP contribution is -2.45. The number of nitrogens with one attached hydrogen (secondary N) is 2. The molecule has 0 amide bonds. The second-order valence-electron chi connectivity index (χ2n) is 5.09. The smallest absolute Gasteiger partial charge is 0.213 e. The van der Waals surface area contributed by atoms with E-state index in [9.17, 15) is 8.42 Å². The lowest BCUT2D eigenvalue weighted by atomic mass is 10.1. The van der Waals surface area contributed by atoms with Gasteiger partial charge in [-0.25, -0.2) is 13.1 Å². The molecule has 1 saturated carbocycles. The molecule has 1 saturated heterocycles. The van der Waals surface area contributed by atoms with E-state index in [1.54, 1.807) is 0 Å². The van der Waals surface area contributed by atoms with Gasteiger partial charge in [-0.2, -0.15) is 0 Å². The zero-order valence-electron chi connectivity index (χ0n) is 9.25. The summed E-state index contributed by atoms with van der Waals surface area (Å²) in [4.78, 5) is 0. The summed E-state index contributed by atoms with van der Waals surface area (Å²) in [5, 5.41) is 3.26. The normalized spacial score (nSPS) is 30.1. The van der Waals surface area contributed by atoms with E-state index in [4.69, 9.17) is 0 Å². The van der Waals surface area contributed by atoms with Crippen LogP contribution in [-0.2, 0) is 10.0 Å². The molecule has 5 heteroatoms. The van der Waals surface area contributed by atoms with Crippen molar-refractivity contribution in [2.45, 2.75) is 50.6 Å². The van der Waals surface area contributed by atoms with Crippen molar-refractivity contribution < 1.29 is 8.42 Å². The van der Waals surface area contributed by atoms with Gasteiger partial charge in [0.05, 0.1) is 5.75 Å². The van der Waals surface area contributed by atoms with Crippen LogP contribution in [0.5, 0.6) is 0 Å². The molecular formula is C10H20N2O2S. The molecule has 2 N–H and O–H groups in total. The molecule has 15 heavy (non-hydrogen) atoms. The van der Waals surface area contributed by atoms with Crippen LogP contribution in [0.2, 0.25) is 0 Å². The molecule has 4 nitrogen and oxygen atoms in total. The Morgan fingerprint density at radius 3 is 2.67 bits per heavy atom. The van der Waals surface area contributed by atoms with Crippen LogP contribution < -0.4 is 10.0 Å². The molecule has 1 unspecified atom stereocenters. The summed E-state index contributed by atoms with van der Waals surface area (Å²) in [6.45, 7) is 2.93. The van der Waals surface area contributed by atoms with Gasteiger partial charge in [-0.15, -0.1) is 0 Å². The van der Waals surface area contributed by atoms with Crippen molar-refractivity contribution in [1.82, 2.24) is 10.0 Å². The van der Waals surface area contributed by atoms with E-state index in [2.05, 4.69) is 10.0 Å². The van der Waals surface area contributed by atoms with Gasteiger partial charge in [-0.1, -0.05) is 6.42 Å². The van der Waals surface area contributed by atoms with Crippen molar-refractivity contribution in [3.63, 3.8) is 0 Å². The zero-order chi connectivity index (χ0) is 10.9. The maximum atomic E-state index is 11.8. The Morgan fingerprint density at radius 2 is 2.13 bits per heavy atom. The quantitative estimate of drug-likeness (QED) is 0.746. The highest BCUT2D eigenvalue weighted by atomic mass is 32.2. The molecule has 0 aromatic rings. The van der Waals surface area contributed by atoms with E-state index in [0.717, 1.165) is 32.2 Å². The van der Waals surface area contributed by atoms with Crippen molar-refractivity contribution in [3.8, 4) is 0 Å². The van der Waals surface area contributed by atoms with Crippen molar-refractivity contribution >= 4 is 10.0 Å². The van der Waals surface area contributed by atoms with Gasteiger partial charge < -0.3 is 5.32 Å². The minimum absolute atomic E-state index is 0.131. The largest absolute Gasteiger partial charge is 0.313 e. The van der Waals surface area contributed by atoms with E-state index >= 15 is 0 Å². The van der Waals surface area contributed by atoms with Crippen LogP contribution in [0.3, 0.4) is 0 Å². The lowest BCUT2D eigenvalue weighted by Gasteiger charge is -2.24. The van der Waals surface area contributed by atoms with Crippen molar-refractivity contribution in [2.24, 2.45) is 0 Å². The van der Waals surface area contributed by atoms with Crippen LogP contribution in [0, 0.1) is 0 Å². The molecule has 2 rings (SSSR count). The fourth-order valence-corrected chi connectivity index (χ4v) is 3.89. The molecular weight excluding hydrogens is 212 g/mol. The molecule has 1 heterocycles. The predicted molar refractivity (Wildman–Crippen MR) is 60.2 cm³/mol. The maximum absolute atomic E-state index is 11.8. The molecule has 88 valence electrons. The van der Waals surface area contributed by atoms with Gasteiger partial charge in [-0.3, -0.25) is 0 Å². The molecule has 0 aromatic carbocycles. The van der Waals surface area contributed by atoms with E-state index < -0.39 is 10.0 Å². The van der Waals surface area contributed by atoms with Crippen LogP contribution in [0.25, 0.3) is 0 Å². The minimum atomic E-state index is -3.09. The van der Waals surface area contributed by atoms with Crippen LogP contribution >= 0.6 is 0 Å². The molecule has 2 aliphatic rings. The molecule has 0 spiro atoms. The second kappa shape index (κ2) is 4.03. The summed E-state index contributed by atoms with van der Waals surface area (Å²) in [7, 11) is -3.09. The van der Waals surface area contributed by atoms with E-state index in [0.29, 0.717) is 0 Å². The molecule has 0 radical (unpaired) electrons. The third-order valence-corrected chi connectivity index (χ3v) is 4.88. The first-order valence-corrected chi connectivity index (χ1v) is 7.39. The van der Waals surface area contributed by atoms with Gasteiger partial charge in [0.1, 0.15) is 0 Å². The van der Waals surface area contributed by atoms with Crippen LogP contribution in [0.1, 0.15) is 39.0 Å². The Bertz CT molecular complexity index is 316. The number of piperidine rings is 1. The number of rotatable bonds is 4. The Morgan fingerprint density at radius 1 is 1.40 bits per heavy atom. The highest BCUT2D eigenvalue weighted by Gasteiger charge is 2.41. The Balaban J connectivity index is 1.86. The first-order valence-electron chi connectivity index (χ1n) is 5.74. The minimum Gasteiger partial charge on any atom is -0.313 e. The van der Waals surface area contributed by atoms with Crippen LogP contribution in [0.15, 0.2) is 0 Å². The summed E-state index contributed by atoms with van der Waals surface area (Å²) in [5.74, 6) is 0.239. The summed E-state index contributed by atoms with van der Waals surface area (Å²) in [6, 6.07) is 0.151. The fraction of sp³-hybridized carbons (Fsp3) is 1.00. The number of sulfonamides is 1. The average Bonchev–Trinajstić information content (AvgIpc) is 2.82. The van der Waals surface area contributed by atoms with Gasteiger partial charge in [0.25, 0.3) is 0 Å². The topological polar surface area (TPSA) is 58.2 Å². The molecule has 1 aliphatic heterocycles. The Kier molecular flexibility index (Phi) is 3.05. The third-order valence-electron chi connectivity index (χ3n) is 3.23. The van der Waals surface area contributed by atoms with E-state index in [-0.39, 0.29) is 17.3 Å². The Hall–Kier alpha value is -0.130. The van der Waals surface area contributed by atoms with Crippen molar-refractivity contribution in [1.29, 1.82) is 0 Å². The van der Waals surface area contributed by atoms with Gasteiger partial charge in [0, 0.05) is 11.6 Å². The van der Waals surface area contributed by atoms with Crippen LogP contribution in [0.4, 0.5) is 0 Å². The second-order valence-corrected chi connectivity index (χ2v) is 6.86. The van der Waals surface area contributed by atoms with Crippen LogP contribution in [-0.4, -0.2) is 32.3 Å². The molecule has 2 fully saturated rings. The summed E-state index contributed by atoms with van der Waals surface area (Å²) < 4.78 is 26.4. The molecule has 0 aromatic heterocycles. The first-order chi connectivity index (χ1) is 6.99. The van der Waals surface area contributed by atoms with Gasteiger partial charge in [-0.05, 0) is 39.2 Å². The molecule has 1 atom stereocenters. The Labute approximate surface area is 91.9 Å². The maximum Gasteiger partial charge on any atom is 0.213 e. The average molecular weight is 232 g/mol. The first kappa shape index (κ1) is 11.4. The van der Waals surface area contributed by atoms with Crippen molar-refractivity contribution in [3.05, 3.63) is 0 Å². The predicted octanol–water partition coefficient (Wildman–Crippen LogP) is 0.600. The van der Waals surface area contributed by atoms with E-state index in [1.165, 1.54) is 6.42 Å². The molecule has 1 aliphatic carbocycles. The summed E-state index contributed by atoms with van der Waals surface area (Å²) in [5.41, 5.74) is -0.131. The third kappa shape index (κ3) is 3.43. The SMILES string of the molecule is CC1(NS(=O)(=O)CC2CCCCN2)CC1. The monoisotopic (exact) mass is 232 g/mol. The lowest BCUT2D eigenvalue weighted by molar-refractivity contribution is 0.421. The van der Waals surface area contributed by atoms with E-state index in [1.807, 2.05) is 6.92 Å². The summed E-state index contributed by atoms with van der Waals surface area (Å²) >= 11 is 0. The van der Waals surface area contributed by atoms with Gasteiger partial charge >= 0.3 is 0 Å². The van der Waals surface area contributed by atoms with Gasteiger partial charge in [0.2, 0.25) is 10.0 Å². The standard InChI is InChI=1S/C10H20N2O2S/c1-10(5-6-10)12-15(13,14)8-9-4-2-3-7-11-9/h9,11-12H,2-8H2,1H3. The zero-order valence-corrected chi connectivity index (χ0v) is 10.1.